The van der Waals surface area contributed by atoms with E-state index in [1.807, 2.05) is 55.5 Å². The number of nitrogens with one attached hydrogen (secondary N) is 2. The monoisotopic (exact) mass is 348 g/mol. The fourth-order valence-electron chi connectivity index (χ4n) is 1.79. The normalized spacial score (nSPS) is 10.0. The zero-order chi connectivity index (χ0) is 15.1. The van der Waals surface area contributed by atoms with Gasteiger partial charge in [0.2, 0.25) is 0 Å². The molecule has 0 bridgehead atoms. The van der Waals surface area contributed by atoms with E-state index >= 15 is 0 Å². The number of para-hydroxylation sites is 1. The zero-order valence-electron chi connectivity index (χ0n) is 11.7. The number of urea groups is 1. The van der Waals surface area contributed by atoms with Crippen molar-refractivity contribution in [2.24, 2.45) is 0 Å². The van der Waals surface area contributed by atoms with Gasteiger partial charge in [0.15, 0.2) is 0 Å². The Morgan fingerprint density at radius 3 is 2.76 bits per heavy atom. The molecule has 0 unspecified atom stereocenters. The van der Waals surface area contributed by atoms with Crippen LogP contribution < -0.4 is 15.4 Å². The molecule has 0 saturated heterocycles. The molecule has 2 aromatic rings. The summed E-state index contributed by atoms with van der Waals surface area (Å²) in [6, 6.07) is 15.0. The van der Waals surface area contributed by atoms with Gasteiger partial charge in [0, 0.05) is 5.69 Å². The molecule has 0 spiro atoms. The molecule has 5 heteroatoms. The van der Waals surface area contributed by atoms with Crippen LogP contribution in [0.2, 0.25) is 0 Å². The molecule has 4 nitrogen and oxygen atoms in total. The number of ether oxygens (including phenoxy) is 1. The summed E-state index contributed by atoms with van der Waals surface area (Å²) < 4.78 is 6.46. The highest BCUT2D eigenvalue weighted by molar-refractivity contribution is 9.10. The van der Waals surface area contributed by atoms with Crippen LogP contribution in [0.3, 0.4) is 0 Å². The van der Waals surface area contributed by atoms with E-state index in [0.717, 1.165) is 21.5 Å². The molecular weight excluding hydrogens is 332 g/mol. The molecule has 110 valence electrons. The Balaban J connectivity index is 1.71. The number of rotatable bonds is 5. The highest BCUT2D eigenvalue weighted by atomic mass is 79.9. The van der Waals surface area contributed by atoms with Gasteiger partial charge in [-0.25, -0.2) is 4.79 Å². The van der Waals surface area contributed by atoms with Crippen LogP contribution >= 0.6 is 15.9 Å². The summed E-state index contributed by atoms with van der Waals surface area (Å²) in [5.74, 6) is 0.762. The second-order valence-electron chi connectivity index (χ2n) is 4.53. The van der Waals surface area contributed by atoms with E-state index in [2.05, 4.69) is 26.6 Å². The summed E-state index contributed by atoms with van der Waals surface area (Å²) in [6.45, 7) is 2.82. The van der Waals surface area contributed by atoms with Crippen molar-refractivity contribution in [3.63, 3.8) is 0 Å². The van der Waals surface area contributed by atoms with Gasteiger partial charge in [-0.2, -0.15) is 0 Å². The summed E-state index contributed by atoms with van der Waals surface area (Å²) >= 11 is 3.40. The lowest BCUT2D eigenvalue weighted by atomic mass is 10.2. The second kappa shape index (κ2) is 7.69. The van der Waals surface area contributed by atoms with Gasteiger partial charge in [-0.1, -0.05) is 24.3 Å². The van der Waals surface area contributed by atoms with E-state index in [1.165, 1.54) is 0 Å². The molecule has 0 fully saturated rings. The lowest BCUT2D eigenvalue weighted by Gasteiger charge is -2.10. The van der Waals surface area contributed by atoms with Crippen molar-refractivity contribution >= 4 is 27.6 Å². The zero-order valence-corrected chi connectivity index (χ0v) is 13.3. The molecule has 21 heavy (non-hydrogen) atoms. The highest BCUT2D eigenvalue weighted by Crippen LogP contribution is 2.23. The third kappa shape index (κ3) is 5.11. The van der Waals surface area contributed by atoms with Crippen LogP contribution in [0, 0.1) is 6.92 Å². The van der Waals surface area contributed by atoms with Gasteiger partial charge in [0.1, 0.15) is 12.4 Å². The maximum absolute atomic E-state index is 11.7. The topological polar surface area (TPSA) is 50.4 Å². The number of hydrogen-bond acceptors (Lipinski definition) is 2. The number of benzene rings is 2. The van der Waals surface area contributed by atoms with Crippen LogP contribution in [-0.4, -0.2) is 19.2 Å². The van der Waals surface area contributed by atoms with Gasteiger partial charge in [0.05, 0.1) is 11.0 Å². The van der Waals surface area contributed by atoms with Crippen molar-refractivity contribution in [3.8, 4) is 5.75 Å². The SMILES string of the molecule is Cc1cccc(NC(=O)NCCOc2ccccc2Br)c1. The minimum Gasteiger partial charge on any atom is -0.491 e. The number of anilines is 1. The van der Waals surface area contributed by atoms with Gasteiger partial charge < -0.3 is 15.4 Å². The number of carbonyl (C=O) groups is 1. The fraction of sp³-hybridized carbons (Fsp3) is 0.188. The van der Waals surface area contributed by atoms with E-state index in [0.29, 0.717) is 13.2 Å². The van der Waals surface area contributed by atoms with Crippen LogP contribution in [0.5, 0.6) is 5.75 Å². The lowest BCUT2D eigenvalue weighted by molar-refractivity contribution is 0.247. The number of carbonyl (C=O) groups excluding carboxylic acids is 1. The summed E-state index contributed by atoms with van der Waals surface area (Å²) in [4.78, 5) is 11.7. The predicted octanol–water partition coefficient (Wildman–Crippen LogP) is 3.96. The minimum absolute atomic E-state index is 0.240. The Bertz CT molecular complexity index is 617. The second-order valence-corrected chi connectivity index (χ2v) is 5.38. The number of halogens is 1. The van der Waals surface area contributed by atoms with Crippen molar-refractivity contribution < 1.29 is 9.53 Å². The van der Waals surface area contributed by atoms with Crippen molar-refractivity contribution in [1.29, 1.82) is 0 Å². The van der Waals surface area contributed by atoms with Crippen molar-refractivity contribution in [2.45, 2.75) is 6.92 Å². The molecular formula is C16H17BrN2O2. The molecule has 0 saturated carbocycles. The number of amides is 2. The molecule has 2 aromatic carbocycles. The number of hydrogen-bond donors (Lipinski definition) is 2. The fourth-order valence-corrected chi connectivity index (χ4v) is 2.18. The average Bonchev–Trinajstić information content (AvgIpc) is 2.45. The van der Waals surface area contributed by atoms with Crippen LogP contribution in [0.15, 0.2) is 53.0 Å². The Kier molecular flexibility index (Phi) is 5.63. The van der Waals surface area contributed by atoms with Gasteiger partial charge in [0.25, 0.3) is 0 Å². The summed E-state index contributed by atoms with van der Waals surface area (Å²) in [5.41, 5.74) is 1.88. The van der Waals surface area contributed by atoms with Crippen LogP contribution in [0.1, 0.15) is 5.56 Å². The maximum atomic E-state index is 11.7. The van der Waals surface area contributed by atoms with Gasteiger partial charge in [-0.15, -0.1) is 0 Å². The molecule has 2 amide bonds. The summed E-state index contributed by atoms with van der Waals surface area (Å²) in [7, 11) is 0. The van der Waals surface area contributed by atoms with Crippen LogP contribution in [0.4, 0.5) is 10.5 Å². The molecule has 0 aromatic heterocycles. The van der Waals surface area contributed by atoms with Gasteiger partial charge >= 0.3 is 6.03 Å². The van der Waals surface area contributed by atoms with Crippen molar-refractivity contribution in [1.82, 2.24) is 5.32 Å². The molecule has 0 radical (unpaired) electrons. The summed E-state index contributed by atoms with van der Waals surface area (Å²) in [5, 5.41) is 5.53. The van der Waals surface area contributed by atoms with E-state index in [4.69, 9.17) is 4.74 Å². The molecule has 0 aliphatic rings. The number of aryl methyl sites for hydroxylation is 1. The minimum atomic E-state index is -0.240. The lowest BCUT2D eigenvalue weighted by Crippen LogP contribution is -2.32. The Labute approximate surface area is 132 Å². The quantitative estimate of drug-likeness (QED) is 0.803. The van der Waals surface area contributed by atoms with Crippen molar-refractivity contribution in [3.05, 3.63) is 58.6 Å². The highest BCUT2D eigenvalue weighted by Gasteiger charge is 2.02. The first-order valence-electron chi connectivity index (χ1n) is 6.64. The van der Waals surface area contributed by atoms with Gasteiger partial charge in [-0.3, -0.25) is 0 Å². The van der Waals surface area contributed by atoms with E-state index in [-0.39, 0.29) is 6.03 Å². The molecule has 0 heterocycles. The third-order valence-corrected chi connectivity index (χ3v) is 3.41. The average molecular weight is 349 g/mol. The smallest absolute Gasteiger partial charge is 0.319 e. The first-order chi connectivity index (χ1) is 10.1. The van der Waals surface area contributed by atoms with Crippen LogP contribution in [0.25, 0.3) is 0 Å². The molecule has 0 atom stereocenters. The van der Waals surface area contributed by atoms with E-state index in [1.54, 1.807) is 0 Å². The molecule has 0 aliphatic heterocycles. The Morgan fingerprint density at radius 2 is 2.00 bits per heavy atom. The van der Waals surface area contributed by atoms with E-state index < -0.39 is 0 Å². The molecule has 2 rings (SSSR count). The molecule has 0 aliphatic carbocycles. The predicted molar refractivity (Wildman–Crippen MR) is 87.8 cm³/mol. The first-order valence-corrected chi connectivity index (χ1v) is 7.43. The van der Waals surface area contributed by atoms with E-state index in [9.17, 15) is 4.79 Å². The Hall–Kier alpha value is -2.01. The summed E-state index contributed by atoms with van der Waals surface area (Å²) in [6.07, 6.45) is 0. The van der Waals surface area contributed by atoms with Crippen molar-refractivity contribution in [2.75, 3.05) is 18.5 Å². The maximum Gasteiger partial charge on any atom is 0.319 e. The largest absolute Gasteiger partial charge is 0.491 e. The Morgan fingerprint density at radius 1 is 1.19 bits per heavy atom. The molecule has 2 N–H and O–H groups in total. The third-order valence-electron chi connectivity index (χ3n) is 2.76. The first kappa shape index (κ1) is 15.4. The van der Waals surface area contributed by atoms with Gasteiger partial charge in [-0.05, 0) is 52.7 Å². The standard InChI is InChI=1S/C16H17BrN2O2/c1-12-5-4-6-13(11-12)19-16(20)18-9-10-21-15-8-3-2-7-14(15)17/h2-8,11H,9-10H2,1H3,(H2,18,19,20). The van der Waals surface area contributed by atoms with Crippen LogP contribution in [-0.2, 0) is 0 Å².